The molecule has 0 unspecified atom stereocenters. The van der Waals surface area contributed by atoms with Gasteiger partial charge in [-0.3, -0.25) is 14.4 Å². The Kier molecular flexibility index (Phi) is 5.73. The molecule has 0 spiro atoms. The van der Waals surface area contributed by atoms with E-state index in [2.05, 4.69) is 10.1 Å². The van der Waals surface area contributed by atoms with E-state index in [1.165, 1.54) is 31.0 Å². The van der Waals surface area contributed by atoms with Crippen molar-refractivity contribution in [3.05, 3.63) is 69.1 Å². The minimum Gasteiger partial charge on any atom is -0.465 e. The summed E-state index contributed by atoms with van der Waals surface area (Å²) in [5.74, 6) is -0.635. The first kappa shape index (κ1) is 19.5. The highest BCUT2D eigenvalue weighted by molar-refractivity contribution is 6.00. The molecule has 1 aliphatic rings. The number of nitrogens with zero attached hydrogens (tertiary/aromatic N) is 1. The summed E-state index contributed by atoms with van der Waals surface area (Å²) in [6, 6.07) is 8.00. The number of hydrogen-bond acceptors (Lipinski definition) is 5. The van der Waals surface area contributed by atoms with Gasteiger partial charge in [-0.15, -0.1) is 0 Å². The van der Waals surface area contributed by atoms with Crippen molar-refractivity contribution >= 4 is 17.7 Å². The van der Waals surface area contributed by atoms with Crippen LogP contribution in [-0.4, -0.2) is 36.4 Å². The maximum Gasteiger partial charge on any atom is 0.337 e. The number of ether oxygens (including phenoxy) is 1. The molecule has 1 fully saturated rings. The average Bonchev–Trinajstić information content (AvgIpc) is 3.52. The highest BCUT2D eigenvalue weighted by Gasteiger charge is 2.26. The molecule has 1 saturated carbocycles. The van der Waals surface area contributed by atoms with Gasteiger partial charge in [0.1, 0.15) is 5.56 Å². The molecule has 0 atom stereocenters. The monoisotopic (exact) mass is 382 g/mol. The van der Waals surface area contributed by atoms with Crippen LogP contribution in [0.3, 0.4) is 0 Å². The van der Waals surface area contributed by atoms with Gasteiger partial charge in [0.2, 0.25) is 0 Å². The summed E-state index contributed by atoms with van der Waals surface area (Å²) in [7, 11) is 2.75. The maximum absolute atomic E-state index is 12.7. The molecule has 1 amide bonds. The minimum atomic E-state index is -0.527. The third-order valence-electron chi connectivity index (χ3n) is 4.78. The van der Waals surface area contributed by atoms with Crippen LogP contribution in [-0.2, 0) is 11.3 Å². The second-order valence-electron chi connectivity index (χ2n) is 6.91. The normalized spacial score (nSPS) is 13.1. The van der Waals surface area contributed by atoms with E-state index >= 15 is 0 Å². The summed E-state index contributed by atoms with van der Waals surface area (Å²) < 4.78 is 6.03. The Morgan fingerprint density at radius 2 is 1.82 bits per heavy atom. The lowest BCUT2D eigenvalue weighted by Gasteiger charge is -2.11. The van der Waals surface area contributed by atoms with E-state index < -0.39 is 17.4 Å². The molecule has 1 N–H and O–H groups in total. The van der Waals surface area contributed by atoms with Gasteiger partial charge in [0.05, 0.1) is 19.2 Å². The quantitative estimate of drug-likeness (QED) is 0.584. The smallest absolute Gasteiger partial charge is 0.337 e. The van der Waals surface area contributed by atoms with Crippen molar-refractivity contribution in [1.82, 2.24) is 9.88 Å². The van der Waals surface area contributed by atoms with Crippen molar-refractivity contribution in [2.45, 2.75) is 25.8 Å². The fourth-order valence-corrected chi connectivity index (χ4v) is 2.97. The predicted octanol–water partition coefficient (Wildman–Crippen LogP) is 2.03. The molecule has 0 aliphatic heterocycles. The molecular formula is C21H22N2O5. The van der Waals surface area contributed by atoms with Crippen LogP contribution >= 0.6 is 0 Å². The number of esters is 1. The summed E-state index contributed by atoms with van der Waals surface area (Å²) in [6.07, 6.45) is 4.02. The predicted molar refractivity (Wildman–Crippen MR) is 103 cm³/mol. The van der Waals surface area contributed by atoms with E-state index in [0.717, 1.165) is 18.4 Å². The molecule has 1 aliphatic carbocycles. The van der Waals surface area contributed by atoms with E-state index in [1.54, 1.807) is 24.3 Å². The molecule has 28 heavy (non-hydrogen) atoms. The zero-order valence-electron chi connectivity index (χ0n) is 15.9. The lowest BCUT2D eigenvalue weighted by atomic mass is 10.0. The van der Waals surface area contributed by atoms with Crippen molar-refractivity contribution in [1.29, 1.82) is 0 Å². The molecule has 7 nitrogen and oxygen atoms in total. The van der Waals surface area contributed by atoms with Crippen LogP contribution in [0.15, 0.2) is 41.3 Å². The fourth-order valence-electron chi connectivity index (χ4n) is 2.97. The molecule has 1 aromatic carbocycles. The molecule has 7 heteroatoms. The molecule has 3 rings (SSSR count). The Labute approximate surface area is 162 Å². The van der Waals surface area contributed by atoms with Gasteiger partial charge in [0.25, 0.3) is 11.5 Å². The maximum atomic E-state index is 12.7. The number of nitrogens with one attached hydrogen (secondary N) is 1. The van der Waals surface area contributed by atoms with Gasteiger partial charge in [-0.2, -0.15) is 0 Å². The number of ketones is 1. The molecule has 1 aromatic heterocycles. The van der Waals surface area contributed by atoms with Gasteiger partial charge in [-0.05, 0) is 42.5 Å². The number of aromatic nitrogens is 1. The molecule has 0 bridgehead atoms. The first-order valence-electron chi connectivity index (χ1n) is 9.10. The van der Waals surface area contributed by atoms with Crippen molar-refractivity contribution in [3.8, 4) is 0 Å². The van der Waals surface area contributed by atoms with E-state index in [-0.39, 0.29) is 17.9 Å². The molecule has 0 saturated heterocycles. The second-order valence-corrected chi connectivity index (χ2v) is 6.91. The van der Waals surface area contributed by atoms with Crippen molar-refractivity contribution < 1.29 is 19.1 Å². The number of carbonyl (C=O) groups excluding carboxylic acids is 3. The number of rotatable bonds is 7. The summed E-state index contributed by atoms with van der Waals surface area (Å²) >= 11 is 0. The Hall–Kier alpha value is -3.22. The van der Waals surface area contributed by atoms with Crippen molar-refractivity contribution in [2.75, 3.05) is 14.2 Å². The number of pyridine rings is 1. The number of benzene rings is 1. The average molecular weight is 382 g/mol. The summed E-state index contributed by atoms with van der Waals surface area (Å²) in [5, 5.41) is 2.44. The third-order valence-corrected chi connectivity index (χ3v) is 4.78. The number of methoxy groups -OCH3 is 1. The van der Waals surface area contributed by atoms with Crippen LogP contribution < -0.4 is 10.9 Å². The van der Waals surface area contributed by atoms with Gasteiger partial charge in [0.15, 0.2) is 5.78 Å². The number of hydrogen-bond donors (Lipinski definition) is 1. The number of amides is 1. The Balaban J connectivity index is 1.93. The van der Waals surface area contributed by atoms with Gasteiger partial charge in [-0.25, -0.2) is 4.79 Å². The van der Waals surface area contributed by atoms with E-state index in [1.807, 2.05) is 0 Å². The molecule has 146 valence electrons. The van der Waals surface area contributed by atoms with Gasteiger partial charge in [0, 0.05) is 25.2 Å². The van der Waals surface area contributed by atoms with Crippen LogP contribution in [0, 0.1) is 5.92 Å². The number of Topliss-reactive ketones (excluding diaryl/α,β-unsaturated/α-hetero) is 1. The first-order chi connectivity index (χ1) is 13.4. The van der Waals surface area contributed by atoms with Gasteiger partial charge in [-0.1, -0.05) is 12.1 Å². The number of carbonyl (C=O) groups is 3. The Morgan fingerprint density at radius 3 is 2.39 bits per heavy atom. The molecule has 0 radical (unpaired) electrons. The summed E-state index contributed by atoms with van der Waals surface area (Å²) in [5.41, 5.74) is 0.980. The third kappa shape index (κ3) is 4.36. The van der Waals surface area contributed by atoms with Crippen molar-refractivity contribution in [3.63, 3.8) is 0 Å². The highest BCUT2D eigenvalue weighted by atomic mass is 16.5. The Bertz CT molecular complexity index is 971. The van der Waals surface area contributed by atoms with Crippen LogP contribution in [0.5, 0.6) is 0 Å². The van der Waals surface area contributed by atoms with E-state index in [4.69, 9.17) is 0 Å². The first-order valence-corrected chi connectivity index (χ1v) is 9.10. The van der Waals surface area contributed by atoms with Gasteiger partial charge >= 0.3 is 5.97 Å². The zero-order chi connectivity index (χ0) is 20.3. The standard InChI is InChI=1S/C21H22N2O5/c1-22-19(25)17-10-16(18(24)9-13-3-4-13)12-23(20(17)26)11-14-5-7-15(8-6-14)21(27)28-2/h5-8,10,12-13H,3-4,9,11H2,1-2H3,(H,22,25). The lowest BCUT2D eigenvalue weighted by Crippen LogP contribution is -2.32. The lowest BCUT2D eigenvalue weighted by molar-refractivity contribution is 0.0600. The van der Waals surface area contributed by atoms with Crippen LogP contribution in [0.25, 0.3) is 0 Å². The van der Waals surface area contributed by atoms with E-state index in [9.17, 15) is 19.2 Å². The van der Waals surface area contributed by atoms with E-state index in [0.29, 0.717) is 23.5 Å². The topological polar surface area (TPSA) is 94.5 Å². The molecule has 2 aromatic rings. The highest BCUT2D eigenvalue weighted by Crippen LogP contribution is 2.33. The zero-order valence-corrected chi connectivity index (χ0v) is 15.9. The van der Waals surface area contributed by atoms with Crippen molar-refractivity contribution in [2.24, 2.45) is 5.92 Å². The molecule has 1 heterocycles. The molecular weight excluding hydrogens is 360 g/mol. The largest absolute Gasteiger partial charge is 0.465 e. The Morgan fingerprint density at radius 1 is 1.14 bits per heavy atom. The summed E-state index contributed by atoms with van der Waals surface area (Å²) in [4.78, 5) is 48.9. The minimum absolute atomic E-state index is 0.0599. The van der Waals surface area contributed by atoms with Gasteiger partial charge < -0.3 is 14.6 Å². The second kappa shape index (κ2) is 8.21. The fraction of sp³-hybridized carbons (Fsp3) is 0.333. The SMILES string of the molecule is CNC(=O)c1cc(C(=O)CC2CC2)cn(Cc2ccc(C(=O)OC)cc2)c1=O. The summed E-state index contributed by atoms with van der Waals surface area (Å²) in [6.45, 7) is 0.175. The van der Waals surface area contributed by atoms with Crippen LogP contribution in [0.1, 0.15) is 55.9 Å². The van der Waals surface area contributed by atoms with Crippen LogP contribution in [0.4, 0.5) is 0 Å². The van der Waals surface area contributed by atoms with Crippen LogP contribution in [0.2, 0.25) is 0 Å².